The number of amides is 1. The Balaban J connectivity index is 2.30. The number of hydrogen-bond donors (Lipinski definition) is 0. The molecule has 0 aliphatic carbocycles. The Bertz CT molecular complexity index is 537. The number of halogens is 2. The van der Waals surface area contributed by atoms with E-state index in [2.05, 4.69) is 20.7 Å². The molecule has 0 spiro atoms. The van der Waals surface area contributed by atoms with Crippen LogP contribution in [0.2, 0.25) is 0 Å². The van der Waals surface area contributed by atoms with E-state index in [1.54, 1.807) is 0 Å². The molecule has 2 rings (SSSR count). The van der Waals surface area contributed by atoms with E-state index >= 15 is 0 Å². The summed E-state index contributed by atoms with van der Waals surface area (Å²) in [7, 11) is 1.25. The largest absolute Gasteiger partial charge is 0.467 e. The number of methoxy groups -OCH3 is 1. The monoisotopic (exact) mass is 345 g/mol. The van der Waals surface area contributed by atoms with Gasteiger partial charge < -0.3 is 14.4 Å². The highest BCUT2D eigenvalue weighted by molar-refractivity contribution is 9.10. The molecule has 0 radical (unpaired) electrons. The number of esters is 1. The molecule has 1 unspecified atom stereocenters. The predicted molar refractivity (Wildman–Crippen MR) is 71.8 cm³/mol. The number of carbonyl (C=O) groups is 2. The molecule has 1 amide bonds. The van der Waals surface area contributed by atoms with Gasteiger partial charge in [0.15, 0.2) is 6.04 Å². The number of carbonyl (C=O) groups excluding carboxylic acids is 2. The predicted octanol–water partition coefficient (Wildman–Crippen LogP) is 1.60. The molecular weight excluding hydrogens is 333 g/mol. The minimum absolute atomic E-state index is 0.0748. The van der Waals surface area contributed by atoms with Gasteiger partial charge in [-0.1, -0.05) is 6.07 Å². The molecule has 5 nitrogen and oxygen atoms in total. The molecule has 7 heteroatoms. The highest BCUT2D eigenvalue weighted by atomic mass is 79.9. The summed E-state index contributed by atoms with van der Waals surface area (Å²) in [6.07, 6.45) is 0. The van der Waals surface area contributed by atoms with Gasteiger partial charge in [0.2, 0.25) is 0 Å². The third kappa shape index (κ3) is 2.83. The van der Waals surface area contributed by atoms with Crippen LogP contribution in [0.5, 0.6) is 0 Å². The topological polar surface area (TPSA) is 55.8 Å². The van der Waals surface area contributed by atoms with Gasteiger partial charge in [-0.3, -0.25) is 4.79 Å². The summed E-state index contributed by atoms with van der Waals surface area (Å²) in [5.41, 5.74) is 0.167. The standard InChI is InChI=1S/C13H13BrFNO4/c1-19-13(18)10-7-20-6-5-16(10)12(17)8-3-2-4-9(15)11(8)14/h2-4,10H,5-7H2,1H3. The lowest BCUT2D eigenvalue weighted by Gasteiger charge is -2.33. The first-order chi connectivity index (χ1) is 9.56. The molecule has 0 N–H and O–H groups in total. The van der Waals surface area contributed by atoms with Crippen LogP contribution in [-0.4, -0.2) is 49.7 Å². The lowest BCUT2D eigenvalue weighted by molar-refractivity contribution is -0.151. The molecule has 0 bridgehead atoms. The maximum atomic E-state index is 13.5. The van der Waals surface area contributed by atoms with Gasteiger partial charge in [0.05, 0.1) is 30.4 Å². The molecule has 1 aliphatic rings. The summed E-state index contributed by atoms with van der Waals surface area (Å²) < 4.78 is 23.4. The molecule has 1 heterocycles. The van der Waals surface area contributed by atoms with Crippen molar-refractivity contribution in [2.45, 2.75) is 6.04 Å². The summed E-state index contributed by atoms with van der Waals surface area (Å²) in [6.45, 7) is 0.652. The van der Waals surface area contributed by atoms with Crippen molar-refractivity contribution in [3.8, 4) is 0 Å². The van der Waals surface area contributed by atoms with E-state index in [1.807, 2.05) is 0 Å². The van der Waals surface area contributed by atoms with Crippen LogP contribution in [0.15, 0.2) is 22.7 Å². The molecule has 1 aromatic rings. The van der Waals surface area contributed by atoms with Gasteiger partial charge in [-0.05, 0) is 28.1 Å². The van der Waals surface area contributed by atoms with Crippen molar-refractivity contribution in [2.24, 2.45) is 0 Å². The van der Waals surface area contributed by atoms with Crippen LogP contribution in [-0.2, 0) is 14.3 Å². The first-order valence-corrected chi connectivity index (χ1v) is 6.76. The highest BCUT2D eigenvalue weighted by Crippen LogP contribution is 2.23. The van der Waals surface area contributed by atoms with Crippen molar-refractivity contribution in [2.75, 3.05) is 26.9 Å². The normalized spacial score (nSPS) is 18.8. The second-order valence-corrected chi connectivity index (χ2v) is 5.01. The summed E-state index contributed by atoms with van der Waals surface area (Å²) in [4.78, 5) is 25.5. The molecule has 1 aliphatic heterocycles. The summed E-state index contributed by atoms with van der Waals surface area (Å²) in [5.74, 6) is -1.51. The van der Waals surface area contributed by atoms with Crippen LogP contribution in [0.1, 0.15) is 10.4 Å². The number of hydrogen-bond acceptors (Lipinski definition) is 4. The fraction of sp³-hybridized carbons (Fsp3) is 0.385. The Hall–Kier alpha value is -1.47. The zero-order chi connectivity index (χ0) is 14.7. The van der Waals surface area contributed by atoms with Crippen LogP contribution in [0.3, 0.4) is 0 Å². The van der Waals surface area contributed by atoms with Crippen LogP contribution >= 0.6 is 15.9 Å². The van der Waals surface area contributed by atoms with Crippen molar-refractivity contribution in [3.63, 3.8) is 0 Å². The maximum absolute atomic E-state index is 13.5. The van der Waals surface area contributed by atoms with Crippen LogP contribution < -0.4 is 0 Å². The first kappa shape index (κ1) is 14.9. The molecule has 108 valence electrons. The van der Waals surface area contributed by atoms with Crippen LogP contribution in [0, 0.1) is 5.82 Å². The Labute approximate surface area is 123 Å². The van der Waals surface area contributed by atoms with E-state index < -0.39 is 23.7 Å². The van der Waals surface area contributed by atoms with E-state index in [9.17, 15) is 14.0 Å². The van der Waals surface area contributed by atoms with Crippen molar-refractivity contribution in [1.29, 1.82) is 0 Å². The van der Waals surface area contributed by atoms with Crippen molar-refractivity contribution in [3.05, 3.63) is 34.1 Å². The Morgan fingerprint density at radius 2 is 2.25 bits per heavy atom. The second-order valence-electron chi connectivity index (χ2n) is 4.21. The number of rotatable bonds is 2. The minimum Gasteiger partial charge on any atom is -0.467 e. The Kier molecular flexibility index (Phi) is 4.72. The Morgan fingerprint density at radius 1 is 1.50 bits per heavy atom. The van der Waals surface area contributed by atoms with Crippen molar-refractivity contribution < 1.29 is 23.5 Å². The molecule has 0 aromatic heterocycles. The van der Waals surface area contributed by atoms with Gasteiger partial charge in [-0.2, -0.15) is 0 Å². The molecule has 0 saturated carbocycles. The summed E-state index contributed by atoms with van der Waals surface area (Å²) in [5, 5.41) is 0. The van der Waals surface area contributed by atoms with E-state index in [0.29, 0.717) is 6.61 Å². The van der Waals surface area contributed by atoms with E-state index in [4.69, 9.17) is 4.74 Å². The fourth-order valence-corrected chi connectivity index (χ4v) is 2.44. The number of nitrogens with zero attached hydrogens (tertiary/aromatic N) is 1. The third-order valence-corrected chi connectivity index (χ3v) is 3.85. The quantitative estimate of drug-likeness (QED) is 0.764. The van der Waals surface area contributed by atoms with Crippen molar-refractivity contribution in [1.82, 2.24) is 4.90 Å². The van der Waals surface area contributed by atoms with Crippen LogP contribution in [0.4, 0.5) is 4.39 Å². The van der Waals surface area contributed by atoms with Crippen LogP contribution in [0.25, 0.3) is 0 Å². The summed E-state index contributed by atoms with van der Waals surface area (Å²) in [6, 6.07) is 3.38. The average molecular weight is 346 g/mol. The fourth-order valence-electron chi connectivity index (χ4n) is 2.00. The smallest absolute Gasteiger partial charge is 0.331 e. The lowest BCUT2D eigenvalue weighted by atomic mass is 10.1. The van der Waals surface area contributed by atoms with Gasteiger partial charge in [-0.25, -0.2) is 9.18 Å². The van der Waals surface area contributed by atoms with Gasteiger partial charge in [0, 0.05) is 6.54 Å². The molecule has 1 aromatic carbocycles. The van der Waals surface area contributed by atoms with E-state index in [-0.39, 0.29) is 23.2 Å². The number of benzene rings is 1. The number of ether oxygens (including phenoxy) is 2. The SMILES string of the molecule is COC(=O)C1COCCN1C(=O)c1cccc(F)c1Br. The first-order valence-electron chi connectivity index (χ1n) is 5.96. The van der Waals surface area contributed by atoms with Gasteiger partial charge >= 0.3 is 5.97 Å². The zero-order valence-corrected chi connectivity index (χ0v) is 12.4. The van der Waals surface area contributed by atoms with Gasteiger partial charge in [0.1, 0.15) is 5.82 Å². The van der Waals surface area contributed by atoms with Gasteiger partial charge in [-0.15, -0.1) is 0 Å². The molecular formula is C13H13BrFNO4. The molecule has 1 saturated heterocycles. The molecule has 20 heavy (non-hydrogen) atoms. The highest BCUT2D eigenvalue weighted by Gasteiger charge is 2.34. The Morgan fingerprint density at radius 3 is 2.95 bits per heavy atom. The van der Waals surface area contributed by atoms with Crippen molar-refractivity contribution >= 4 is 27.8 Å². The van der Waals surface area contributed by atoms with E-state index in [1.165, 1.54) is 30.2 Å². The third-order valence-electron chi connectivity index (χ3n) is 3.04. The minimum atomic E-state index is -0.809. The second kappa shape index (κ2) is 6.32. The average Bonchev–Trinajstić information content (AvgIpc) is 2.48. The van der Waals surface area contributed by atoms with E-state index in [0.717, 1.165) is 0 Å². The molecule has 1 fully saturated rings. The number of morpholine rings is 1. The maximum Gasteiger partial charge on any atom is 0.331 e. The molecule has 1 atom stereocenters. The summed E-state index contributed by atoms with van der Waals surface area (Å²) >= 11 is 3.05. The lowest BCUT2D eigenvalue weighted by Crippen LogP contribution is -2.53. The van der Waals surface area contributed by atoms with Gasteiger partial charge in [0.25, 0.3) is 5.91 Å². The zero-order valence-electron chi connectivity index (χ0n) is 10.8.